The van der Waals surface area contributed by atoms with E-state index in [-0.39, 0.29) is 18.0 Å². The number of halogens is 1. The van der Waals surface area contributed by atoms with Gasteiger partial charge in [-0.3, -0.25) is 9.78 Å². The zero-order valence-corrected chi connectivity index (χ0v) is 24.6. The molecule has 200 valence electrons. The van der Waals surface area contributed by atoms with Crippen LogP contribution >= 0.6 is 28.1 Å². The van der Waals surface area contributed by atoms with E-state index < -0.39 is 0 Å². The fraction of sp³-hybridized carbons (Fsp3) is 0.233. The summed E-state index contributed by atoms with van der Waals surface area (Å²) in [6.45, 7) is 6.08. The Morgan fingerprint density at radius 1 is 1.10 bits per heavy atom. The molecule has 3 heterocycles. The van der Waals surface area contributed by atoms with Crippen LogP contribution in [-0.4, -0.2) is 27.7 Å². The first-order valence-electron chi connectivity index (χ1n) is 12.8. The molecule has 39 heavy (non-hydrogen) atoms. The molecule has 4 aromatic rings. The van der Waals surface area contributed by atoms with Crippen LogP contribution in [0.15, 0.2) is 77.4 Å². The zero-order valence-electron chi connectivity index (χ0n) is 22.2. The van der Waals surface area contributed by atoms with Crippen molar-refractivity contribution in [1.29, 1.82) is 0 Å². The Balaban J connectivity index is 1.65. The number of hydrogen-bond acceptors (Lipinski definition) is 4. The van der Waals surface area contributed by atoms with Crippen LogP contribution in [0.25, 0.3) is 5.69 Å². The minimum atomic E-state index is -0.180. The summed E-state index contributed by atoms with van der Waals surface area (Å²) in [4.78, 5) is 18.9. The van der Waals surface area contributed by atoms with Gasteiger partial charge in [-0.1, -0.05) is 35.0 Å². The molecule has 2 aromatic carbocycles. The zero-order chi connectivity index (χ0) is 27.7. The van der Waals surface area contributed by atoms with Crippen LogP contribution in [0.1, 0.15) is 48.1 Å². The SMILES string of the molecule is CCC(=O)Nc1ccc(N2C(=S)N[C@H](c3ccccn3)[C@H]2c2cc(C)n(-c3cccc(Br)c3)c2C)cc1OC. The number of amides is 1. The third-order valence-corrected chi connectivity index (χ3v) is 7.82. The third kappa shape index (κ3) is 5.16. The molecule has 2 aromatic heterocycles. The smallest absolute Gasteiger partial charge is 0.224 e. The number of methoxy groups -OCH3 is 1. The minimum absolute atomic E-state index is 0.0764. The first-order chi connectivity index (χ1) is 18.8. The Kier molecular flexibility index (Phi) is 7.72. The van der Waals surface area contributed by atoms with Crippen molar-refractivity contribution in [2.24, 2.45) is 0 Å². The number of carbonyl (C=O) groups is 1. The van der Waals surface area contributed by atoms with Gasteiger partial charge in [0.15, 0.2) is 5.11 Å². The fourth-order valence-corrected chi connectivity index (χ4v) is 5.95. The molecule has 0 bridgehead atoms. The average Bonchev–Trinajstić information content (AvgIpc) is 3.43. The molecule has 2 atom stereocenters. The number of aromatic nitrogens is 2. The van der Waals surface area contributed by atoms with Crippen LogP contribution in [0, 0.1) is 13.8 Å². The monoisotopic (exact) mass is 603 g/mol. The van der Waals surface area contributed by atoms with Crippen molar-refractivity contribution >= 4 is 50.5 Å². The molecule has 0 radical (unpaired) electrons. The van der Waals surface area contributed by atoms with Crippen molar-refractivity contribution in [1.82, 2.24) is 14.9 Å². The van der Waals surface area contributed by atoms with Gasteiger partial charge in [0.2, 0.25) is 5.91 Å². The maximum absolute atomic E-state index is 12.1. The van der Waals surface area contributed by atoms with Gasteiger partial charge >= 0.3 is 0 Å². The Bertz CT molecular complexity index is 1540. The van der Waals surface area contributed by atoms with Gasteiger partial charge < -0.3 is 24.8 Å². The highest BCUT2D eigenvalue weighted by molar-refractivity contribution is 9.10. The number of pyridine rings is 1. The van der Waals surface area contributed by atoms with Crippen LogP contribution in [0.2, 0.25) is 0 Å². The van der Waals surface area contributed by atoms with E-state index in [1.165, 1.54) is 0 Å². The summed E-state index contributed by atoms with van der Waals surface area (Å²) in [5.74, 6) is 0.490. The third-order valence-electron chi connectivity index (χ3n) is 7.01. The van der Waals surface area contributed by atoms with Crippen LogP contribution in [0.4, 0.5) is 11.4 Å². The number of benzene rings is 2. The predicted molar refractivity (Wildman–Crippen MR) is 163 cm³/mol. The number of ether oxygens (including phenoxy) is 1. The molecule has 0 unspecified atom stereocenters. The van der Waals surface area contributed by atoms with Crippen molar-refractivity contribution in [3.63, 3.8) is 0 Å². The lowest BCUT2D eigenvalue weighted by molar-refractivity contribution is -0.115. The summed E-state index contributed by atoms with van der Waals surface area (Å²) in [7, 11) is 1.60. The number of carbonyl (C=O) groups excluding carboxylic acids is 1. The number of hydrogen-bond donors (Lipinski definition) is 2. The van der Waals surface area contributed by atoms with E-state index in [1.54, 1.807) is 13.3 Å². The molecular formula is C30H30BrN5O2S. The Morgan fingerprint density at radius 2 is 1.92 bits per heavy atom. The van der Waals surface area contributed by atoms with Crippen LogP contribution in [0.5, 0.6) is 5.75 Å². The van der Waals surface area contributed by atoms with Crippen LogP contribution < -0.4 is 20.3 Å². The number of aryl methyl sites for hydroxylation is 1. The predicted octanol–water partition coefficient (Wildman–Crippen LogP) is 6.79. The molecule has 0 aliphatic carbocycles. The second-order valence-corrected chi connectivity index (χ2v) is 10.7. The van der Waals surface area contributed by atoms with Crippen molar-refractivity contribution in [2.45, 2.75) is 39.3 Å². The van der Waals surface area contributed by atoms with Gasteiger partial charge in [-0.05, 0) is 80.2 Å². The number of thiocarbonyl (C=S) groups is 1. The molecule has 1 aliphatic rings. The molecular weight excluding hydrogens is 574 g/mol. The van der Waals surface area contributed by atoms with Gasteiger partial charge in [0.05, 0.1) is 30.6 Å². The maximum atomic E-state index is 12.1. The van der Waals surface area contributed by atoms with E-state index >= 15 is 0 Å². The lowest BCUT2D eigenvalue weighted by Crippen LogP contribution is -2.29. The summed E-state index contributed by atoms with van der Waals surface area (Å²) in [5.41, 5.74) is 6.83. The second-order valence-electron chi connectivity index (χ2n) is 9.42. The topological polar surface area (TPSA) is 71.4 Å². The van der Waals surface area contributed by atoms with E-state index in [0.717, 1.165) is 38.5 Å². The summed E-state index contributed by atoms with van der Waals surface area (Å²) in [6, 6.07) is 21.8. The second kappa shape index (κ2) is 11.2. The summed E-state index contributed by atoms with van der Waals surface area (Å²) in [5, 5.41) is 7.04. The standard InChI is InChI=1S/C30H30BrN5O2S/c1-5-27(37)33-24-13-12-22(17-26(24)38-4)36-29(28(34-30(36)39)25-11-6-7-14-32-25)23-15-18(2)35(19(23)3)21-10-8-9-20(31)16-21/h6-17,28-29H,5H2,1-4H3,(H,33,37)(H,34,39)/t28-,29-/m1/s1. The van der Waals surface area contributed by atoms with E-state index in [2.05, 4.69) is 73.1 Å². The molecule has 0 saturated carbocycles. The van der Waals surface area contributed by atoms with Gasteiger partial charge in [0.1, 0.15) is 5.75 Å². The molecule has 2 N–H and O–H groups in total. The van der Waals surface area contributed by atoms with E-state index in [1.807, 2.05) is 55.5 Å². The maximum Gasteiger partial charge on any atom is 0.224 e. The van der Waals surface area contributed by atoms with Gasteiger partial charge in [-0.2, -0.15) is 0 Å². The number of rotatable bonds is 7. The molecule has 7 nitrogen and oxygen atoms in total. The van der Waals surface area contributed by atoms with E-state index in [4.69, 9.17) is 17.0 Å². The quantitative estimate of drug-likeness (QED) is 0.227. The van der Waals surface area contributed by atoms with Crippen molar-refractivity contribution in [3.8, 4) is 11.4 Å². The molecule has 5 rings (SSSR count). The number of nitrogens with zero attached hydrogens (tertiary/aromatic N) is 3. The summed E-state index contributed by atoms with van der Waals surface area (Å²) in [6.07, 6.45) is 2.19. The van der Waals surface area contributed by atoms with Gasteiger partial charge in [0, 0.05) is 45.9 Å². The number of nitrogens with one attached hydrogen (secondary N) is 2. The molecule has 1 aliphatic heterocycles. The molecule has 1 amide bonds. The number of anilines is 2. The van der Waals surface area contributed by atoms with Gasteiger partial charge in [-0.15, -0.1) is 0 Å². The fourth-order valence-electron chi connectivity index (χ4n) is 5.22. The minimum Gasteiger partial charge on any atom is -0.494 e. The first kappa shape index (κ1) is 26.9. The highest BCUT2D eigenvalue weighted by Crippen LogP contribution is 2.45. The highest BCUT2D eigenvalue weighted by atomic mass is 79.9. The van der Waals surface area contributed by atoms with E-state index in [0.29, 0.717) is 23.0 Å². The summed E-state index contributed by atoms with van der Waals surface area (Å²) < 4.78 is 8.95. The Hall–Kier alpha value is -3.69. The molecule has 0 spiro atoms. The molecule has 9 heteroatoms. The summed E-state index contributed by atoms with van der Waals surface area (Å²) >= 11 is 9.55. The highest BCUT2D eigenvalue weighted by Gasteiger charge is 2.42. The first-order valence-corrected chi connectivity index (χ1v) is 14.0. The Morgan fingerprint density at radius 3 is 2.62 bits per heavy atom. The molecule has 1 fully saturated rings. The lowest BCUT2D eigenvalue weighted by Gasteiger charge is -2.29. The largest absolute Gasteiger partial charge is 0.494 e. The van der Waals surface area contributed by atoms with Gasteiger partial charge in [-0.25, -0.2) is 0 Å². The normalized spacial score (nSPS) is 16.7. The molecule has 1 saturated heterocycles. The van der Waals surface area contributed by atoms with E-state index in [9.17, 15) is 4.79 Å². The van der Waals surface area contributed by atoms with Crippen molar-refractivity contribution in [2.75, 3.05) is 17.3 Å². The van der Waals surface area contributed by atoms with Crippen LogP contribution in [-0.2, 0) is 4.79 Å². The Labute approximate surface area is 242 Å². The average molecular weight is 605 g/mol. The van der Waals surface area contributed by atoms with Gasteiger partial charge in [0.25, 0.3) is 0 Å². The van der Waals surface area contributed by atoms with Crippen molar-refractivity contribution < 1.29 is 9.53 Å². The van der Waals surface area contributed by atoms with Crippen LogP contribution in [0.3, 0.4) is 0 Å². The lowest BCUT2D eigenvalue weighted by atomic mass is 9.96. The van der Waals surface area contributed by atoms with Crippen molar-refractivity contribution in [3.05, 3.63) is 100 Å².